The van der Waals surface area contributed by atoms with Crippen LogP contribution in [0, 0.1) is 0 Å². The van der Waals surface area contributed by atoms with Crippen LogP contribution in [0.3, 0.4) is 0 Å². The van der Waals surface area contributed by atoms with E-state index in [1.54, 1.807) is 10.4 Å². The Morgan fingerprint density at radius 1 is 1.11 bits per heavy atom. The minimum absolute atomic E-state index is 0.171. The monoisotopic (exact) mass is 389 g/mol. The molecule has 4 rings (SSSR count). The second-order valence-electron chi connectivity index (χ2n) is 7.67. The van der Waals surface area contributed by atoms with E-state index in [-0.39, 0.29) is 11.8 Å². The van der Waals surface area contributed by atoms with Gasteiger partial charge >= 0.3 is 0 Å². The Kier molecular flexibility index (Phi) is 5.05. The zero-order valence-electron chi connectivity index (χ0n) is 15.9. The van der Waals surface area contributed by atoms with Crippen LogP contribution in [0.4, 0.5) is 0 Å². The molecule has 0 saturated carbocycles. The van der Waals surface area contributed by atoms with Gasteiger partial charge < -0.3 is 9.88 Å². The number of sulfonamides is 1. The molecular formula is C19H27N5O2S. The van der Waals surface area contributed by atoms with Crippen LogP contribution in [-0.2, 0) is 23.1 Å². The Hall–Kier alpha value is -1.77. The SMILES string of the molecule is CC(C)c1ccccc1S(=O)(=O)N1CCC(c2nnc3n2CCNC3)CC1. The molecule has 1 saturated heterocycles. The minimum atomic E-state index is -3.47. The van der Waals surface area contributed by atoms with Gasteiger partial charge in [0, 0.05) is 32.1 Å². The molecule has 0 spiro atoms. The van der Waals surface area contributed by atoms with E-state index in [0.29, 0.717) is 18.0 Å². The predicted octanol–water partition coefficient (Wildman–Crippen LogP) is 2.07. The van der Waals surface area contributed by atoms with Crippen molar-refractivity contribution in [1.29, 1.82) is 0 Å². The van der Waals surface area contributed by atoms with E-state index in [1.807, 2.05) is 32.0 Å². The van der Waals surface area contributed by atoms with E-state index in [0.717, 1.165) is 49.7 Å². The first-order chi connectivity index (χ1) is 13.0. The van der Waals surface area contributed by atoms with Gasteiger partial charge in [-0.25, -0.2) is 8.42 Å². The molecule has 1 fully saturated rings. The molecular weight excluding hydrogens is 362 g/mol. The maximum Gasteiger partial charge on any atom is 0.243 e. The van der Waals surface area contributed by atoms with Crippen LogP contribution in [0.5, 0.6) is 0 Å². The molecule has 146 valence electrons. The smallest absolute Gasteiger partial charge is 0.243 e. The van der Waals surface area contributed by atoms with Crippen molar-refractivity contribution in [2.75, 3.05) is 19.6 Å². The fraction of sp³-hybridized carbons (Fsp3) is 0.579. The van der Waals surface area contributed by atoms with Gasteiger partial charge in [-0.15, -0.1) is 10.2 Å². The molecule has 8 heteroatoms. The zero-order valence-corrected chi connectivity index (χ0v) is 16.7. The number of hydrogen-bond donors (Lipinski definition) is 1. The Morgan fingerprint density at radius 3 is 2.59 bits per heavy atom. The predicted molar refractivity (Wildman–Crippen MR) is 103 cm³/mol. The van der Waals surface area contributed by atoms with E-state index in [9.17, 15) is 8.42 Å². The summed E-state index contributed by atoms with van der Waals surface area (Å²) in [7, 11) is -3.47. The summed E-state index contributed by atoms with van der Waals surface area (Å²) >= 11 is 0. The maximum absolute atomic E-state index is 13.2. The Labute approximate surface area is 160 Å². The lowest BCUT2D eigenvalue weighted by Crippen LogP contribution is -2.39. The highest BCUT2D eigenvalue weighted by Crippen LogP contribution is 2.32. The number of fused-ring (bicyclic) bond motifs is 1. The summed E-state index contributed by atoms with van der Waals surface area (Å²) in [5, 5.41) is 12.0. The Bertz CT molecular complexity index is 914. The van der Waals surface area contributed by atoms with Gasteiger partial charge in [0.25, 0.3) is 0 Å². The van der Waals surface area contributed by atoms with Gasteiger partial charge in [-0.3, -0.25) is 0 Å². The van der Waals surface area contributed by atoms with Crippen molar-refractivity contribution in [3.05, 3.63) is 41.5 Å². The molecule has 7 nitrogen and oxygen atoms in total. The van der Waals surface area contributed by atoms with Crippen LogP contribution >= 0.6 is 0 Å². The van der Waals surface area contributed by atoms with E-state index < -0.39 is 10.0 Å². The zero-order chi connectivity index (χ0) is 19.0. The van der Waals surface area contributed by atoms with Gasteiger partial charge in [0.1, 0.15) is 11.6 Å². The van der Waals surface area contributed by atoms with Crippen LogP contribution in [0.15, 0.2) is 29.2 Å². The number of hydrogen-bond acceptors (Lipinski definition) is 5. The van der Waals surface area contributed by atoms with E-state index in [4.69, 9.17) is 0 Å². The van der Waals surface area contributed by atoms with Gasteiger partial charge in [0.15, 0.2) is 0 Å². The summed E-state index contributed by atoms with van der Waals surface area (Å²) in [6, 6.07) is 7.37. The lowest BCUT2D eigenvalue weighted by molar-refractivity contribution is 0.307. The van der Waals surface area contributed by atoms with Crippen LogP contribution in [0.2, 0.25) is 0 Å². The van der Waals surface area contributed by atoms with Crippen LogP contribution in [0.1, 0.15) is 55.7 Å². The summed E-state index contributed by atoms with van der Waals surface area (Å²) in [5.74, 6) is 2.45. The van der Waals surface area contributed by atoms with Crippen LogP contribution < -0.4 is 5.32 Å². The van der Waals surface area contributed by atoms with Gasteiger partial charge in [-0.05, 0) is 30.4 Å². The third-order valence-corrected chi connectivity index (χ3v) is 7.60. The molecule has 1 aromatic carbocycles. The van der Waals surface area contributed by atoms with Gasteiger partial charge in [0.05, 0.1) is 11.4 Å². The highest BCUT2D eigenvalue weighted by atomic mass is 32.2. The number of nitrogens with one attached hydrogen (secondary N) is 1. The molecule has 0 bridgehead atoms. The van der Waals surface area contributed by atoms with Crippen molar-refractivity contribution in [2.45, 2.75) is 56.5 Å². The molecule has 2 aliphatic heterocycles. The molecule has 2 aliphatic rings. The van der Waals surface area contributed by atoms with Crippen molar-refractivity contribution < 1.29 is 8.42 Å². The van der Waals surface area contributed by atoms with Gasteiger partial charge in [-0.2, -0.15) is 4.31 Å². The number of aromatic nitrogens is 3. The largest absolute Gasteiger partial charge is 0.312 e. The van der Waals surface area contributed by atoms with E-state index >= 15 is 0 Å². The van der Waals surface area contributed by atoms with Gasteiger partial charge in [-0.1, -0.05) is 32.0 Å². The average molecular weight is 390 g/mol. The third-order valence-electron chi connectivity index (χ3n) is 5.63. The van der Waals surface area contributed by atoms with Gasteiger partial charge in [0.2, 0.25) is 10.0 Å². The van der Waals surface area contributed by atoms with Crippen molar-refractivity contribution in [3.63, 3.8) is 0 Å². The summed E-state index contributed by atoms with van der Waals surface area (Å²) in [6.07, 6.45) is 1.57. The molecule has 0 aliphatic carbocycles. The molecule has 2 aromatic rings. The second kappa shape index (κ2) is 7.33. The molecule has 0 radical (unpaired) electrons. The molecule has 0 atom stereocenters. The first-order valence-corrected chi connectivity index (χ1v) is 11.1. The van der Waals surface area contributed by atoms with Crippen molar-refractivity contribution >= 4 is 10.0 Å². The van der Waals surface area contributed by atoms with Crippen molar-refractivity contribution in [1.82, 2.24) is 24.4 Å². The summed E-state index contributed by atoms with van der Waals surface area (Å²) in [6.45, 7) is 7.69. The Morgan fingerprint density at radius 2 is 1.85 bits per heavy atom. The van der Waals surface area contributed by atoms with Crippen molar-refractivity contribution in [3.8, 4) is 0 Å². The van der Waals surface area contributed by atoms with Crippen molar-refractivity contribution in [2.24, 2.45) is 0 Å². The second-order valence-corrected chi connectivity index (χ2v) is 9.58. The lowest BCUT2D eigenvalue weighted by atomic mass is 9.97. The third kappa shape index (κ3) is 3.41. The van der Waals surface area contributed by atoms with Crippen LogP contribution in [-0.4, -0.2) is 47.1 Å². The molecule has 3 heterocycles. The quantitative estimate of drug-likeness (QED) is 0.866. The summed E-state index contributed by atoms with van der Waals surface area (Å²) in [4.78, 5) is 0.449. The number of rotatable bonds is 4. The topological polar surface area (TPSA) is 80.1 Å². The number of piperidine rings is 1. The lowest BCUT2D eigenvalue weighted by Gasteiger charge is -2.32. The molecule has 0 unspecified atom stereocenters. The van der Waals surface area contributed by atoms with E-state index in [2.05, 4.69) is 20.1 Å². The summed E-state index contributed by atoms with van der Waals surface area (Å²) < 4.78 is 30.3. The fourth-order valence-corrected chi connectivity index (χ4v) is 5.92. The summed E-state index contributed by atoms with van der Waals surface area (Å²) in [5.41, 5.74) is 0.888. The maximum atomic E-state index is 13.2. The van der Waals surface area contributed by atoms with E-state index in [1.165, 1.54) is 0 Å². The first kappa shape index (κ1) is 18.6. The molecule has 27 heavy (non-hydrogen) atoms. The first-order valence-electron chi connectivity index (χ1n) is 9.70. The number of nitrogens with zero attached hydrogens (tertiary/aromatic N) is 4. The highest BCUT2D eigenvalue weighted by molar-refractivity contribution is 7.89. The average Bonchev–Trinajstić information content (AvgIpc) is 3.12. The normalized spacial score (nSPS) is 19.4. The molecule has 1 N–H and O–H groups in total. The standard InChI is InChI=1S/C19H27N5O2S/c1-14(2)16-5-3-4-6-17(16)27(25,26)23-10-7-15(8-11-23)19-22-21-18-13-20-9-12-24(18)19/h3-6,14-15,20H,7-13H2,1-2H3. The van der Waals surface area contributed by atoms with Crippen LogP contribution in [0.25, 0.3) is 0 Å². The number of benzene rings is 1. The molecule has 1 aromatic heterocycles. The molecule has 0 amide bonds. The Balaban J connectivity index is 1.52. The fourth-order valence-electron chi connectivity index (χ4n) is 4.10. The highest BCUT2D eigenvalue weighted by Gasteiger charge is 2.33. The minimum Gasteiger partial charge on any atom is -0.312 e.